The normalized spacial score (nSPS) is 12.9. The zero-order valence-electron chi connectivity index (χ0n) is 67.1. The van der Waals surface area contributed by atoms with Crippen LogP contribution >= 0.6 is 0 Å². The maximum absolute atomic E-state index is 10.3. The first-order valence-corrected chi connectivity index (χ1v) is 39.5. The van der Waals surface area contributed by atoms with E-state index < -0.39 is 5.41 Å². The van der Waals surface area contributed by atoms with Crippen LogP contribution in [0.25, 0.3) is 110 Å². The van der Waals surface area contributed by atoms with Crippen molar-refractivity contribution in [3.63, 3.8) is 0 Å². The van der Waals surface area contributed by atoms with Gasteiger partial charge in [0.1, 0.15) is 0 Å². The van der Waals surface area contributed by atoms with Gasteiger partial charge >= 0.3 is 0 Å². The van der Waals surface area contributed by atoms with Crippen LogP contribution in [0, 0.1) is 17.9 Å². The fourth-order valence-corrected chi connectivity index (χ4v) is 17.1. The minimum Gasteiger partial charge on any atom is -0.310 e. The average molecular weight is 1450 g/mol. The summed E-state index contributed by atoms with van der Waals surface area (Å²) in [5.74, 6) is 0. The number of aromatic nitrogens is 1. The smallest absolute Gasteiger partial charge is 0.252 e. The molecule has 0 atom stereocenters. The molecule has 1 aromatic heterocycles. The lowest BCUT2D eigenvalue weighted by Gasteiger charge is -2.46. The largest absolute Gasteiger partial charge is 0.310 e. The van der Waals surface area contributed by atoms with Crippen molar-refractivity contribution in [3.05, 3.63) is 342 Å². The lowest BCUT2D eigenvalue weighted by molar-refractivity contribution is 0.590. The molecule has 0 saturated carbocycles. The van der Waals surface area contributed by atoms with Crippen LogP contribution in [0.1, 0.15) is 137 Å². The molecular weight excluding hydrogens is 1350 g/mol. The van der Waals surface area contributed by atoms with Crippen molar-refractivity contribution in [2.45, 2.75) is 131 Å². The quantitative estimate of drug-likeness (QED) is 0.101. The number of fused-ring (bicyclic) bond motifs is 7. The molecular formula is C106H94BN5. The molecule has 0 saturated heterocycles. The first kappa shape index (κ1) is 72.4. The van der Waals surface area contributed by atoms with E-state index >= 15 is 0 Å². The third-order valence-corrected chi connectivity index (χ3v) is 23.5. The summed E-state index contributed by atoms with van der Waals surface area (Å²) in [6.45, 7) is 42.5. The molecule has 0 spiro atoms. The fourth-order valence-electron chi connectivity index (χ4n) is 17.1. The summed E-state index contributed by atoms with van der Waals surface area (Å²) >= 11 is 0. The highest BCUT2D eigenvalue weighted by molar-refractivity contribution is 7.00. The van der Waals surface area contributed by atoms with E-state index in [9.17, 15) is 5.26 Å². The highest BCUT2D eigenvalue weighted by Crippen LogP contribution is 2.56. The third kappa shape index (κ3) is 12.9. The fraction of sp³-hybridized carbons (Fsp3) is 0.189. The van der Waals surface area contributed by atoms with Crippen LogP contribution in [-0.4, -0.2) is 11.3 Å². The van der Waals surface area contributed by atoms with Gasteiger partial charge in [0.05, 0.1) is 40.6 Å². The van der Waals surface area contributed by atoms with E-state index in [1.54, 1.807) is 0 Å². The predicted molar refractivity (Wildman–Crippen MR) is 477 cm³/mol. The first-order valence-electron chi connectivity index (χ1n) is 39.5. The van der Waals surface area contributed by atoms with Crippen LogP contribution in [0.4, 0.5) is 39.8 Å². The highest BCUT2D eigenvalue weighted by atomic mass is 15.2. The molecule has 0 N–H and O–H groups in total. The van der Waals surface area contributed by atoms with Crippen molar-refractivity contribution in [1.29, 1.82) is 5.26 Å². The standard InChI is InChI=1S/C106H94BN5/c1-102(2,3)78-45-34-71(35-46-78)87-58-76(69-32-30-67(66-108)31-33-69)59-88(72-36-47-79(48-37-72)103(4,5)6)100(87)111-95-62-75(68-24-18-17-19-25-68)44-56-91(95)107-92-57-55-84(110-93-28-22-20-26-85(93)86-27-21-23-29-94(86)110)65-96(92)112(98-64-82(106(13,14)15)63-97(111)99(98)107)101-89(73-38-49-80(50-39-73)104(7,8)9)60-77(70-42-53-83(109-16)54-43-70)61-90(101)74-40-51-81(52-41-74)105(10,11)12/h17-65H,1-15H3. The average Bonchev–Trinajstić information content (AvgIpc) is 0.689. The Kier molecular flexibility index (Phi) is 17.6. The van der Waals surface area contributed by atoms with Crippen molar-refractivity contribution in [1.82, 2.24) is 4.57 Å². The minimum atomic E-state index is -0.398. The van der Waals surface area contributed by atoms with Crippen LogP contribution in [0.3, 0.4) is 0 Å². The Bertz CT molecular complexity index is 6080. The Morgan fingerprint density at radius 1 is 0.304 bits per heavy atom. The molecule has 2 aliphatic heterocycles. The molecule has 3 heterocycles. The summed E-state index contributed by atoms with van der Waals surface area (Å²) in [7, 11) is 0. The zero-order chi connectivity index (χ0) is 78.1. The number of nitrogens with zero attached hydrogens (tertiary/aromatic N) is 5. The third-order valence-electron chi connectivity index (χ3n) is 23.5. The summed E-state index contributed by atoms with van der Waals surface area (Å²) in [4.78, 5) is 9.29. The molecule has 546 valence electrons. The minimum absolute atomic E-state index is 0.102. The Balaban J connectivity index is 1.07. The summed E-state index contributed by atoms with van der Waals surface area (Å²) in [5, 5.41) is 12.7. The second-order valence-electron chi connectivity index (χ2n) is 36.0. The molecule has 0 radical (unpaired) electrons. The molecule has 0 fully saturated rings. The van der Waals surface area contributed by atoms with Crippen molar-refractivity contribution >= 4 is 84.7 Å². The van der Waals surface area contributed by atoms with Gasteiger partial charge in [-0.2, -0.15) is 5.26 Å². The van der Waals surface area contributed by atoms with Crippen molar-refractivity contribution < 1.29 is 0 Å². The van der Waals surface area contributed by atoms with E-state index in [4.69, 9.17) is 6.57 Å². The number of para-hydroxylation sites is 2. The van der Waals surface area contributed by atoms with E-state index in [0.29, 0.717) is 11.3 Å². The van der Waals surface area contributed by atoms with E-state index in [-0.39, 0.29) is 28.4 Å². The lowest BCUT2D eigenvalue weighted by Crippen LogP contribution is -2.61. The van der Waals surface area contributed by atoms with Gasteiger partial charge < -0.3 is 14.4 Å². The maximum Gasteiger partial charge on any atom is 0.252 e. The SMILES string of the molecule is [C-]#[N+]c1ccc(-c2cc(-c3ccc(C(C)(C)C)cc3)c(N3c4cc(-n5c6ccccc6c6ccccc65)ccc4B4c5ccc(-c6ccccc6)cc5N(c5c(-c6ccc(C(C)(C)C)cc6)cc(-c6ccc(C#N)cc6)cc5-c5ccc(C(C)(C)C)cc5)c5cc(C(C)(C)C)cc3c54)c(-c3ccc(C(C)(C)C)cc3)c2)cc1. The van der Waals surface area contributed by atoms with Gasteiger partial charge in [-0.15, -0.1) is 0 Å². The van der Waals surface area contributed by atoms with Gasteiger partial charge in [-0.1, -0.05) is 322 Å². The van der Waals surface area contributed by atoms with Gasteiger partial charge in [0.15, 0.2) is 5.69 Å². The van der Waals surface area contributed by atoms with Gasteiger partial charge in [0, 0.05) is 61.5 Å². The number of nitriles is 1. The Morgan fingerprint density at radius 3 is 1.03 bits per heavy atom. The van der Waals surface area contributed by atoms with Crippen LogP contribution in [-0.2, 0) is 27.1 Å². The molecule has 112 heavy (non-hydrogen) atoms. The molecule has 14 aromatic carbocycles. The highest BCUT2D eigenvalue weighted by Gasteiger charge is 2.47. The second-order valence-corrected chi connectivity index (χ2v) is 36.0. The van der Waals surface area contributed by atoms with Crippen LogP contribution in [0.5, 0.6) is 0 Å². The van der Waals surface area contributed by atoms with Gasteiger partial charge in [-0.05, 0) is 206 Å². The van der Waals surface area contributed by atoms with E-state index in [2.05, 4.69) is 402 Å². The summed E-state index contributed by atoms with van der Waals surface area (Å²) in [6.07, 6.45) is 0. The number of benzene rings is 14. The number of rotatable bonds is 10. The molecule has 2 aliphatic rings. The first-order chi connectivity index (χ1) is 53.6. The van der Waals surface area contributed by atoms with E-state index in [1.165, 1.54) is 55.0 Å². The van der Waals surface area contributed by atoms with E-state index in [0.717, 1.165) is 129 Å². The molecule has 17 rings (SSSR count). The molecule has 0 unspecified atom stereocenters. The number of hydrogen-bond acceptors (Lipinski definition) is 3. The zero-order valence-corrected chi connectivity index (χ0v) is 67.1. The second kappa shape index (κ2) is 27.2. The summed E-state index contributed by atoms with van der Waals surface area (Å²) < 4.78 is 2.49. The van der Waals surface area contributed by atoms with Crippen molar-refractivity contribution in [2.24, 2.45) is 0 Å². The predicted octanol–water partition coefficient (Wildman–Crippen LogP) is 27.4. The molecule has 15 aromatic rings. The topological polar surface area (TPSA) is 39.6 Å². The Hall–Kier alpha value is -12.5. The molecule has 0 amide bonds. The summed E-state index contributed by atoms with van der Waals surface area (Å²) in [5.41, 5.74) is 35.1. The molecule has 6 heteroatoms. The monoisotopic (exact) mass is 1450 g/mol. The molecule has 0 bridgehead atoms. The number of hydrogen-bond donors (Lipinski definition) is 0. The van der Waals surface area contributed by atoms with Crippen LogP contribution < -0.4 is 26.2 Å². The molecule has 5 nitrogen and oxygen atoms in total. The van der Waals surface area contributed by atoms with Crippen molar-refractivity contribution in [3.8, 4) is 89.6 Å². The maximum atomic E-state index is 10.3. The number of anilines is 6. The molecule has 0 aliphatic carbocycles. The Morgan fingerprint density at radius 2 is 0.643 bits per heavy atom. The van der Waals surface area contributed by atoms with Gasteiger partial charge in [-0.3, -0.25) is 0 Å². The lowest BCUT2D eigenvalue weighted by atomic mass is 9.33. The van der Waals surface area contributed by atoms with Crippen LogP contribution in [0.2, 0.25) is 0 Å². The summed E-state index contributed by atoms with van der Waals surface area (Å²) in [6, 6.07) is 114. The van der Waals surface area contributed by atoms with E-state index in [1.807, 2.05) is 24.3 Å². The van der Waals surface area contributed by atoms with Crippen LogP contribution in [0.15, 0.2) is 297 Å². The van der Waals surface area contributed by atoms with Gasteiger partial charge in [0.25, 0.3) is 6.71 Å². The van der Waals surface area contributed by atoms with Gasteiger partial charge in [-0.25, -0.2) is 4.85 Å². The van der Waals surface area contributed by atoms with Gasteiger partial charge in [0.2, 0.25) is 0 Å². The Labute approximate surface area is 662 Å². The van der Waals surface area contributed by atoms with Crippen molar-refractivity contribution in [2.75, 3.05) is 9.80 Å².